The molecule has 0 unspecified atom stereocenters. The van der Waals surface area contributed by atoms with Gasteiger partial charge < -0.3 is 14.7 Å². The molecule has 4 heterocycles. The molecule has 0 saturated carbocycles. The van der Waals surface area contributed by atoms with E-state index in [-0.39, 0.29) is 0 Å². The highest BCUT2D eigenvalue weighted by molar-refractivity contribution is 5.51. The van der Waals surface area contributed by atoms with Gasteiger partial charge in [-0.05, 0) is 31.0 Å². The zero-order valence-corrected chi connectivity index (χ0v) is 14.9. The molecule has 0 aliphatic carbocycles. The quantitative estimate of drug-likeness (QED) is 0.819. The lowest BCUT2D eigenvalue weighted by Gasteiger charge is -2.37. The van der Waals surface area contributed by atoms with E-state index in [0.717, 1.165) is 43.8 Å². The van der Waals surface area contributed by atoms with Crippen molar-refractivity contribution in [3.63, 3.8) is 0 Å². The molecule has 0 aromatic carbocycles. The fourth-order valence-electron chi connectivity index (χ4n) is 3.55. The smallest absolute Gasteiger partial charge is 0.368 e. The maximum Gasteiger partial charge on any atom is 0.433 e. The van der Waals surface area contributed by atoms with Gasteiger partial charge in [0.15, 0.2) is 0 Å². The zero-order chi connectivity index (χ0) is 18.9. The van der Waals surface area contributed by atoms with Crippen LogP contribution in [0, 0.1) is 0 Å². The second kappa shape index (κ2) is 7.21. The molecule has 0 radical (unpaired) electrons. The van der Waals surface area contributed by atoms with E-state index in [4.69, 9.17) is 0 Å². The Balaban J connectivity index is 1.43. The summed E-state index contributed by atoms with van der Waals surface area (Å²) < 4.78 is 38.6. The molecule has 2 fully saturated rings. The summed E-state index contributed by atoms with van der Waals surface area (Å²) in [6, 6.07) is 4.64. The average molecular weight is 378 g/mol. The normalized spacial score (nSPS) is 18.3. The molecule has 2 aromatic heterocycles. The van der Waals surface area contributed by atoms with E-state index < -0.39 is 11.9 Å². The third-order valence-electron chi connectivity index (χ3n) is 5.02. The second-order valence-corrected chi connectivity index (χ2v) is 6.78. The molecule has 0 amide bonds. The van der Waals surface area contributed by atoms with Gasteiger partial charge in [-0.25, -0.2) is 4.98 Å². The Labute approximate surface area is 155 Å². The Morgan fingerprint density at radius 1 is 0.778 bits per heavy atom. The Bertz CT molecular complexity index is 783. The van der Waals surface area contributed by atoms with Crippen LogP contribution in [-0.4, -0.2) is 54.2 Å². The van der Waals surface area contributed by atoms with Crippen molar-refractivity contribution in [1.29, 1.82) is 0 Å². The van der Waals surface area contributed by atoms with E-state index in [1.54, 1.807) is 12.3 Å². The Hall–Kier alpha value is -2.58. The van der Waals surface area contributed by atoms with E-state index in [0.29, 0.717) is 31.9 Å². The molecule has 0 atom stereocenters. The van der Waals surface area contributed by atoms with Crippen LogP contribution in [0.3, 0.4) is 0 Å². The van der Waals surface area contributed by atoms with Crippen molar-refractivity contribution < 1.29 is 13.2 Å². The van der Waals surface area contributed by atoms with Gasteiger partial charge in [-0.2, -0.15) is 18.2 Å². The van der Waals surface area contributed by atoms with Crippen LogP contribution in [0.2, 0.25) is 0 Å². The molecule has 27 heavy (non-hydrogen) atoms. The number of hydrogen-bond acceptors (Lipinski definition) is 6. The van der Waals surface area contributed by atoms with E-state index in [1.165, 1.54) is 6.20 Å². The van der Waals surface area contributed by atoms with Crippen molar-refractivity contribution in [2.45, 2.75) is 19.0 Å². The van der Waals surface area contributed by atoms with Gasteiger partial charge in [-0.3, -0.25) is 4.98 Å². The number of aromatic nitrogens is 3. The van der Waals surface area contributed by atoms with Gasteiger partial charge in [0.25, 0.3) is 0 Å². The fourth-order valence-corrected chi connectivity index (χ4v) is 3.55. The third-order valence-corrected chi connectivity index (χ3v) is 5.02. The lowest BCUT2D eigenvalue weighted by atomic mass is 10.2. The molecule has 4 rings (SSSR count). The number of piperazine rings is 1. The molecule has 9 heteroatoms. The molecule has 0 spiro atoms. The van der Waals surface area contributed by atoms with Gasteiger partial charge in [0.05, 0.1) is 0 Å². The van der Waals surface area contributed by atoms with Crippen molar-refractivity contribution in [2.24, 2.45) is 0 Å². The number of halogens is 3. The van der Waals surface area contributed by atoms with Gasteiger partial charge >= 0.3 is 6.18 Å². The number of anilines is 3. The Morgan fingerprint density at radius 3 is 2.15 bits per heavy atom. The summed E-state index contributed by atoms with van der Waals surface area (Å²) in [6.07, 6.45) is 0.902. The first-order valence-corrected chi connectivity index (χ1v) is 9.12. The predicted molar refractivity (Wildman–Crippen MR) is 97.1 cm³/mol. The monoisotopic (exact) mass is 378 g/mol. The molecular weight excluding hydrogens is 357 g/mol. The maximum atomic E-state index is 12.9. The van der Waals surface area contributed by atoms with E-state index >= 15 is 0 Å². The maximum absolute atomic E-state index is 12.9. The standard InChI is InChI=1S/C18H21F3N6/c19-18(20,21)15-13-14(3-5-22-15)25-9-11-26(12-10-25)16-4-6-23-17(24-16)27-7-1-2-8-27/h3-6,13H,1-2,7-12H2. The van der Waals surface area contributed by atoms with E-state index in [9.17, 15) is 13.2 Å². The molecule has 2 aliphatic heterocycles. The first-order chi connectivity index (χ1) is 13.0. The van der Waals surface area contributed by atoms with Crippen LogP contribution < -0.4 is 14.7 Å². The van der Waals surface area contributed by atoms with Crippen LogP contribution in [0.1, 0.15) is 18.5 Å². The predicted octanol–water partition coefficient (Wildman–Crippen LogP) is 2.82. The van der Waals surface area contributed by atoms with Crippen molar-refractivity contribution in [3.8, 4) is 0 Å². The molecular formula is C18H21F3N6. The average Bonchev–Trinajstić information content (AvgIpc) is 3.23. The Kier molecular flexibility index (Phi) is 4.75. The Morgan fingerprint density at radius 2 is 1.44 bits per heavy atom. The summed E-state index contributed by atoms with van der Waals surface area (Å²) in [4.78, 5) is 18.8. The largest absolute Gasteiger partial charge is 0.433 e. The molecule has 2 aliphatic rings. The van der Waals surface area contributed by atoms with Gasteiger partial charge in [0.2, 0.25) is 5.95 Å². The van der Waals surface area contributed by atoms with E-state index in [1.807, 2.05) is 11.0 Å². The molecule has 144 valence electrons. The minimum absolute atomic E-state index is 0.553. The van der Waals surface area contributed by atoms with Crippen LogP contribution >= 0.6 is 0 Å². The van der Waals surface area contributed by atoms with Crippen molar-refractivity contribution in [1.82, 2.24) is 15.0 Å². The summed E-state index contributed by atoms with van der Waals surface area (Å²) in [6.45, 7) is 4.62. The van der Waals surface area contributed by atoms with Crippen LogP contribution in [0.4, 0.5) is 30.6 Å². The summed E-state index contributed by atoms with van der Waals surface area (Å²) in [5.74, 6) is 1.63. The van der Waals surface area contributed by atoms with Gasteiger partial charge in [0, 0.05) is 57.3 Å². The van der Waals surface area contributed by atoms with Gasteiger partial charge in [0.1, 0.15) is 11.5 Å². The minimum Gasteiger partial charge on any atom is -0.368 e. The summed E-state index contributed by atoms with van der Waals surface area (Å²) >= 11 is 0. The second-order valence-electron chi connectivity index (χ2n) is 6.78. The highest BCUT2D eigenvalue weighted by atomic mass is 19.4. The summed E-state index contributed by atoms with van der Waals surface area (Å²) in [7, 11) is 0. The summed E-state index contributed by atoms with van der Waals surface area (Å²) in [5.41, 5.74) is -0.300. The topological polar surface area (TPSA) is 48.4 Å². The molecule has 2 aromatic rings. The van der Waals surface area contributed by atoms with Crippen molar-refractivity contribution >= 4 is 17.5 Å². The fraction of sp³-hybridized carbons (Fsp3) is 0.500. The van der Waals surface area contributed by atoms with Gasteiger partial charge in [-0.1, -0.05) is 0 Å². The zero-order valence-electron chi connectivity index (χ0n) is 14.9. The number of pyridine rings is 1. The highest BCUT2D eigenvalue weighted by Gasteiger charge is 2.33. The summed E-state index contributed by atoms with van der Waals surface area (Å²) in [5, 5.41) is 0. The lowest BCUT2D eigenvalue weighted by molar-refractivity contribution is -0.141. The van der Waals surface area contributed by atoms with Crippen LogP contribution in [0.25, 0.3) is 0 Å². The number of alkyl halides is 3. The number of hydrogen-bond donors (Lipinski definition) is 0. The van der Waals surface area contributed by atoms with Crippen LogP contribution in [-0.2, 0) is 6.18 Å². The molecule has 0 N–H and O–H groups in total. The van der Waals surface area contributed by atoms with E-state index in [2.05, 4.69) is 24.8 Å². The van der Waals surface area contributed by atoms with Crippen molar-refractivity contribution in [2.75, 3.05) is 54.0 Å². The van der Waals surface area contributed by atoms with Crippen LogP contribution in [0.15, 0.2) is 30.6 Å². The SMILES string of the molecule is FC(F)(F)c1cc(N2CCN(c3ccnc(N4CCCC4)n3)CC2)ccn1. The molecule has 2 saturated heterocycles. The lowest BCUT2D eigenvalue weighted by Crippen LogP contribution is -2.47. The first kappa shape index (κ1) is 17.8. The molecule has 0 bridgehead atoms. The highest BCUT2D eigenvalue weighted by Crippen LogP contribution is 2.30. The number of rotatable bonds is 3. The van der Waals surface area contributed by atoms with Gasteiger partial charge in [-0.15, -0.1) is 0 Å². The minimum atomic E-state index is -4.43. The third kappa shape index (κ3) is 3.91. The van der Waals surface area contributed by atoms with Crippen molar-refractivity contribution in [3.05, 3.63) is 36.3 Å². The first-order valence-electron chi connectivity index (χ1n) is 9.12. The van der Waals surface area contributed by atoms with Crippen LogP contribution in [0.5, 0.6) is 0 Å². The number of nitrogens with zero attached hydrogens (tertiary/aromatic N) is 6. The molecule has 6 nitrogen and oxygen atoms in total.